The van der Waals surface area contributed by atoms with Crippen molar-refractivity contribution >= 4 is 11.6 Å². The van der Waals surface area contributed by atoms with Gasteiger partial charge in [-0.25, -0.2) is 4.39 Å². The highest BCUT2D eigenvalue weighted by atomic mass is 35.5. The molecule has 0 bridgehead atoms. The second-order valence-corrected chi connectivity index (χ2v) is 3.36. The van der Waals surface area contributed by atoms with E-state index in [1.807, 2.05) is 0 Å². The fourth-order valence-corrected chi connectivity index (χ4v) is 1.33. The third-order valence-electron chi connectivity index (χ3n) is 1.88. The van der Waals surface area contributed by atoms with E-state index in [4.69, 9.17) is 18.0 Å². The molecule has 1 N–H and O–H groups in total. The van der Waals surface area contributed by atoms with Crippen molar-refractivity contribution < 1.29 is 9.50 Å². The van der Waals surface area contributed by atoms with Crippen LogP contribution in [0, 0.1) is 18.2 Å². The lowest BCUT2D eigenvalue weighted by Crippen LogP contribution is -2.00. The zero-order chi connectivity index (χ0) is 10.6. The number of hydrogen-bond acceptors (Lipinski definition) is 1. The van der Waals surface area contributed by atoms with Gasteiger partial charge in [-0.1, -0.05) is 11.6 Å². The number of benzene rings is 1. The van der Waals surface area contributed by atoms with Gasteiger partial charge in [-0.15, -0.1) is 12.3 Å². The highest BCUT2D eigenvalue weighted by molar-refractivity contribution is 6.30. The van der Waals surface area contributed by atoms with Crippen molar-refractivity contribution in [3.05, 3.63) is 34.6 Å². The van der Waals surface area contributed by atoms with Crippen molar-refractivity contribution in [1.29, 1.82) is 0 Å². The Balaban J connectivity index is 2.83. The molecule has 1 aromatic rings. The van der Waals surface area contributed by atoms with E-state index in [0.29, 0.717) is 17.9 Å². The minimum atomic E-state index is -0.884. The van der Waals surface area contributed by atoms with Crippen molar-refractivity contribution in [3.63, 3.8) is 0 Å². The monoisotopic (exact) mass is 212 g/mol. The summed E-state index contributed by atoms with van der Waals surface area (Å²) in [5.41, 5.74) is 0.202. The van der Waals surface area contributed by atoms with Crippen molar-refractivity contribution in [2.75, 3.05) is 0 Å². The van der Waals surface area contributed by atoms with Crippen LogP contribution in [0.4, 0.5) is 4.39 Å². The molecule has 0 heterocycles. The van der Waals surface area contributed by atoms with Gasteiger partial charge in [0.05, 0.1) is 6.10 Å². The molecular weight excluding hydrogens is 203 g/mol. The van der Waals surface area contributed by atoms with Crippen LogP contribution < -0.4 is 0 Å². The van der Waals surface area contributed by atoms with Crippen LogP contribution in [0.15, 0.2) is 18.2 Å². The van der Waals surface area contributed by atoms with Gasteiger partial charge in [0.15, 0.2) is 0 Å². The first-order chi connectivity index (χ1) is 6.65. The van der Waals surface area contributed by atoms with E-state index in [1.165, 1.54) is 18.2 Å². The van der Waals surface area contributed by atoms with Crippen LogP contribution in [0.1, 0.15) is 24.5 Å². The fourth-order valence-electron chi connectivity index (χ4n) is 1.15. The second kappa shape index (κ2) is 4.99. The van der Waals surface area contributed by atoms with Gasteiger partial charge in [-0.2, -0.15) is 0 Å². The summed E-state index contributed by atoms with van der Waals surface area (Å²) in [6.07, 6.45) is 4.91. The van der Waals surface area contributed by atoms with Gasteiger partial charge in [-0.05, 0) is 24.6 Å². The van der Waals surface area contributed by atoms with Gasteiger partial charge in [0, 0.05) is 17.0 Å². The molecule has 1 aromatic carbocycles. The van der Waals surface area contributed by atoms with Crippen LogP contribution in [0.3, 0.4) is 0 Å². The van der Waals surface area contributed by atoms with Crippen LogP contribution in [0.2, 0.25) is 5.02 Å². The maximum absolute atomic E-state index is 13.2. The molecule has 1 nitrogen and oxygen atoms in total. The molecule has 0 saturated carbocycles. The van der Waals surface area contributed by atoms with Crippen LogP contribution in [-0.4, -0.2) is 5.11 Å². The van der Waals surface area contributed by atoms with E-state index < -0.39 is 11.9 Å². The van der Waals surface area contributed by atoms with E-state index >= 15 is 0 Å². The summed E-state index contributed by atoms with van der Waals surface area (Å²) in [6.45, 7) is 0. The van der Waals surface area contributed by atoms with Gasteiger partial charge in [0.1, 0.15) is 5.82 Å². The molecule has 3 heteroatoms. The molecule has 1 rings (SSSR count). The molecule has 0 aliphatic carbocycles. The predicted molar refractivity (Wildman–Crippen MR) is 54.4 cm³/mol. The predicted octanol–water partition coefficient (Wildman–Crippen LogP) is 2.93. The maximum atomic E-state index is 13.2. The first-order valence-corrected chi connectivity index (χ1v) is 4.59. The summed E-state index contributed by atoms with van der Waals surface area (Å²) in [4.78, 5) is 0. The highest BCUT2D eigenvalue weighted by Gasteiger charge is 2.12. The first kappa shape index (κ1) is 11.0. The Morgan fingerprint density at radius 2 is 2.29 bits per heavy atom. The molecule has 0 saturated heterocycles. The van der Waals surface area contributed by atoms with Crippen molar-refractivity contribution in [3.8, 4) is 12.3 Å². The second-order valence-electron chi connectivity index (χ2n) is 2.92. The third-order valence-corrected chi connectivity index (χ3v) is 2.11. The lowest BCUT2D eigenvalue weighted by molar-refractivity contribution is 0.165. The zero-order valence-corrected chi connectivity index (χ0v) is 8.26. The molecule has 0 spiro atoms. The Hall–Kier alpha value is -1.04. The van der Waals surface area contributed by atoms with Crippen molar-refractivity contribution in [1.82, 2.24) is 0 Å². The lowest BCUT2D eigenvalue weighted by atomic mass is 10.0. The molecule has 1 atom stereocenters. The highest BCUT2D eigenvalue weighted by Crippen LogP contribution is 2.24. The van der Waals surface area contributed by atoms with E-state index in [1.54, 1.807) is 0 Å². The van der Waals surface area contributed by atoms with Crippen LogP contribution in [-0.2, 0) is 0 Å². The topological polar surface area (TPSA) is 20.2 Å². The molecule has 0 aromatic heterocycles. The van der Waals surface area contributed by atoms with Gasteiger partial charge >= 0.3 is 0 Å². The number of aliphatic hydroxyl groups is 1. The number of hydrogen-bond donors (Lipinski definition) is 1. The lowest BCUT2D eigenvalue weighted by Gasteiger charge is -2.10. The average molecular weight is 213 g/mol. The molecule has 0 aliphatic heterocycles. The Morgan fingerprint density at radius 3 is 2.93 bits per heavy atom. The molecule has 0 amide bonds. The summed E-state index contributed by atoms with van der Waals surface area (Å²) in [5, 5.41) is 9.97. The largest absolute Gasteiger partial charge is 0.388 e. The number of rotatable bonds is 3. The normalized spacial score (nSPS) is 12.1. The zero-order valence-electron chi connectivity index (χ0n) is 7.50. The molecule has 14 heavy (non-hydrogen) atoms. The smallest absolute Gasteiger partial charge is 0.129 e. The van der Waals surface area contributed by atoms with Gasteiger partial charge in [0.2, 0.25) is 0 Å². The quantitative estimate of drug-likeness (QED) is 0.764. The van der Waals surface area contributed by atoms with E-state index in [2.05, 4.69) is 5.92 Å². The van der Waals surface area contributed by atoms with Gasteiger partial charge in [0.25, 0.3) is 0 Å². The maximum Gasteiger partial charge on any atom is 0.129 e. The molecule has 74 valence electrons. The van der Waals surface area contributed by atoms with Crippen molar-refractivity contribution in [2.45, 2.75) is 18.9 Å². The standard InChI is InChI=1S/C11H10ClFO/c1-2-3-4-11(14)9-7-8(12)5-6-10(9)13/h1,5-7,11,14H,3-4H2. The van der Waals surface area contributed by atoms with Crippen LogP contribution >= 0.6 is 11.6 Å². The Kier molecular flexibility index (Phi) is 3.94. The van der Waals surface area contributed by atoms with Crippen LogP contribution in [0.5, 0.6) is 0 Å². The summed E-state index contributed by atoms with van der Waals surface area (Å²) < 4.78 is 13.2. The van der Waals surface area contributed by atoms with Crippen LogP contribution in [0.25, 0.3) is 0 Å². The summed E-state index contributed by atoms with van der Waals surface area (Å²) in [5.74, 6) is 1.93. The molecular formula is C11H10ClFO. The third kappa shape index (κ3) is 2.73. The average Bonchev–Trinajstić information content (AvgIpc) is 2.18. The molecule has 1 unspecified atom stereocenters. The minimum Gasteiger partial charge on any atom is -0.388 e. The molecule has 0 fully saturated rings. The summed E-state index contributed by atoms with van der Waals surface area (Å²) >= 11 is 5.68. The number of halogens is 2. The fraction of sp³-hybridized carbons (Fsp3) is 0.273. The number of terminal acetylenes is 1. The Morgan fingerprint density at radius 1 is 1.57 bits per heavy atom. The number of aliphatic hydroxyl groups excluding tert-OH is 1. The summed E-state index contributed by atoms with van der Waals surface area (Å²) in [6, 6.07) is 4.09. The molecule has 0 aliphatic rings. The first-order valence-electron chi connectivity index (χ1n) is 4.21. The summed E-state index contributed by atoms with van der Waals surface area (Å²) in [7, 11) is 0. The SMILES string of the molecule is C#CCCC(O)c1cc(Cl)ccc1F. The van der Waals surface area contributed by atoms with Crippen molar-refractivity contribution in [2.24, 2.45) is 0 Å². The Bertz CT molecular complexity index is 357. The van der Waals surface area contributed by atoms with E-state index in [9.17, 15) is 9.50 Å². The van der Waals surface area contributed by atoms with Gasteiger partial charge < -0.3 is 5.11 Å². The van der Waals surface area contributed by atoms with Gasteiger partial charge in [-0.3, -0.25) is 0 Å². The molecule has 0 radical (unpaired) electrons. The van der Waals surface area contributed by atoms with E-state index in [-0.39, 0.29) is 5.56 Å². The Labute approximate surface area is 87.5 Å². The van der Waals surface area contributed by atoms with E-state index in [0.717, 1.165) is 0 Å². The minimum absolute atomic E-state index is 0.202.